The van der Waals surface area contributed by atoms with E-state index in [1.807, 2.05) is 29.2 Å². The first-order valence-electron chi connectivity index (χ1n) is 7.11. The van der Waals surface area contributed by atoms with Crippen LogP contribution in [0.3, 0.4) is 0 Å². The molecule has 0 aliphatic heterocycles. The molecule has 21 heavy (non-hydrogen) atoms. The third-order valence-corrected chi connectivity index (χ3v) is 3.45. The molecule has 2 rings (SSSR count). The number of ether oxygens (including phenoxy) is 2. The van der Waals surface area contributed by atoms with Gasteiger partial charge in [0.15, 0.2) is 0 Å². The van der Waals surface area contributed by atoms with Gasteiger partial charge in [-0.2, -0.15) is 0 Å². The molecule has 1 amide bonds. The second kappa shape index (κ2) is 7.81. The van der Waals surface area contributed by atoms with Crippen LogP contribution in [0.2, 0.25) is 0 Å². The van der Waals surface area contributed by atoms with Crippen LogP contribution in [0.4, 0.5) is 0 Å². The Morgan fingerprint density at radius 3 is 2.67 bits per heavy atom. The van der Waals surface area contributed by atoms with Gasteiger partial charge < -0.3 is 19.4 Å². The first-order chi connectivity index (χ1) is 10.3. The van der Waals surface area contributed by atoms with Crippen LogP contribution in [0.25, 0.3) is 10.9 Å². The van der Waals surface area contributed by atoms with E-state index in [9.17, 15) is 4.79 Å². The summed E-state index contributed by atoms with van der Waals surface area (Å²) in [4.78, 5) is 17.7. The van der Waals surface area contributed by atoms with Gasteiger partial charge in [-0.25, -0.2) is 0 Å². The van der Waals surface area contributed by atoms with Gasteiger partial charge in [0.2, 0.25) is 0 Å². The smallest absolute Gasteiger partial charge is 0.256 e. The zero-order valence-electron chi connectivity index (χ0n) is 12.6. The zero-order valence-corrected chi connectivity index (χ0v) is 12.6. The molecule has 0 saturated carbocycles. The van der Waals surface area contributed by atoms with Crippen molar-refractivity contribution in [3.63, 3.8) is 0 Å². The highest BCUT2D eigenvalue weighted by molar-refractivity contribution is 6.06. The topological polar surface area (TPSA) is 54.6 Å². The van der Waals surface area contributed by atoms with E-state index < -0.39 is 0 Å². The Morgan fingerprint density at radius 1 is 1.14 bits per heavy atom. The number of nitrogens with zero attached hydrogens (tertiary/aromatic N) is 1. The minimum Gasteiger partial charge on any atom is -0.385 e. The quantitative estimate of drug-likeness (QED) is 0.759. The zero-order chi connectivity index (χ0) is 15.1. The Kier molecular flexibility index (Phi) is 5.78. The number of carbonyl (C=O) groups excluding carboxylic acids is 1. The predicted octanol–water partition coefficient (Wildman–Crippen LogP) is 2.29. The van der Waals surface area contributed by atoms with Gasteiger partial charge in [-0.3, -0.25) is 4.79 Å². The van der Waals surface area contributed by atoms with Gasteiger partial charge in [0.25, 0.3) is 5.91 Å². The number of H-pyrrole nitrogens is 1. The molecule has 0 spiro atoms. The summed E-state index contributed by atoms with van der Waals surface area (Å²) in [5.74, 6) is 0.0283. The minimum atomic E-state index is 0.0283. The highest BCUT2D eigenvalue weighted by atomic mass is 16.5. The number of fused-ring (bicyclic) bond motifs is 1. The first-order valence-corrected chi connectivity index (χ1v) is 7.11. The van der Waals surface area contributed by atoms with Crippen LogP contribution in [0.5, 0.6) is 0 Å². The number of para-hydroxylation sites is 1. The summed E-state index contributed by atoms with van der Waals surface area (Å²) in [6, 6.07) is 7.82. The van der Waals surface area contributed by atoms with Gasteiger partial charge in [-0.15, -0.1) is 0 Å². The van der Waals surface area contributed by atoms with E-state index in [2.05, 4.69) is 4.98 Å². The van der Waals surface area contributed by atoms with Gasteiger partial charge in [-0.05, 0) is 12.5 Å². The van der Waals surface area contributed by atoms with Crippen LogP contribution in [0.15, 0.2) is 30.5 Å². The molecule has 114 valence electrons. The SMILES string of the molecule is COCCCN(CCOC)C(=O)c1c[nH]c2ccccc12. The van der Waals surface area contributed by atoms with E-state index in [4.69, 9.17) is 9.47 Å². The molecule has 2 aromatic rings. The molecule has 1 aromatic heterocycles. The van der Waals surface area contributed by atoms with E-state index in [0.717, 1.165) is 17.3 Å². The highest BCUT2D eigenvalue weighted by Crippen LogP contribution is 2.19. The number of nitrogens with one attached hydrogen (secondary N) is 1. The van der Waals surface area contributed by atoms with Crippen LogP contribution in [0.1, 0.15) is 16.8 Å². The number of methoxy groups -OCH3 is 2. The average molecular weight is 290 g/mol. The van der Waals surface area contributed by atoms with Crippen molar-refractivity contribution in [3.05, 3.63) is 36.0 Å². The van der Waals surface area contributed by atoms with E-state index in [1.165, 1.54) is 0 Å². The summed E-state index contributed by atoms with van der Waals surface area (Å²) in [5, 5.41) is 0.955. The summed E-state index contributed by atoms with van der Waals surface area (Å²) in [5.41, 5.74) is 1.68. The lowest BCUT2D eigenvalue weighted by Crippen LogP contribution is -2.35. The van der Waals surface area contributed by atoms with Crippen molar-refractivity contribution in [1.29, 1.82) is 0 Å². The number of hydrogen-bond acceptors (Lipinski definition) is 3. The van der Waals surface area contributed by atoms with Crippen molar-refractivity contribution in [2.24, 2.45) is 0 Å². The molecule has 0 aliphatic rings. The van der Waals surface area contributed by atoms with Crippen molar-refractivity contribution < 1.29 is 14.3 Å². The lowest BCUT2D eigenvalue weighted by molar-refractivity contribution is 0.0676. The molecule has 1 heterocycles. The van der Waals surface area contributed by atoms with Crippen molar-refractivity contribution in [2.75, 3.05) is 40.5 Å². The largest absolute Gasteiger partial charge is 0.385 e. The molecule has 0 atom stereocenters. The summed E-state index contributed by atoms with van der Waals surface area (Å²) < 4.78 is 10.2. The number of aromatic nitrogens is 1. The number of amides is 1. The molecule has 1 aromatic carbocycles. The fourth-order valence-corrected chi connectivity index (χ4v) is 2.33. The fraction of sp³-hybridized carbons (Fsp3) is 0.438. The monoisotopic (exact) mass is 290 g/mol. The highest BCUT2D eigenvalue weighted by Gasteiger charge is 2.18. The van der Waals surface area contributed by atoms with Crippen LogP contribution >= 0.6 is 0 Å². The maximum absolute atomic E-state index is 12.7. The summed E-state index contributed by atoms with van der Waals surface area (Å²) in [7, 11) is 3.31. The number of rotatable bonds is 8. The van der Waals surface area contributed by atoms with Gasteiger partial charge in [0.1, 0.15) is 0 Å². The predicted molar refractivity (Wildman–Crippen MR) is 82.6 cm³/mol. The van der Waals surface area contributed by atoms with Gasteiger partial charge >= 0.3 is 0 Å². The van der Waals surface area contributed by atoms with Crippen molar-refractivity contribution in [1.82, 2.24) is 9.88 Å². The Morgan fingerprint density at radius 2 is 1.90 bits per heavy atom. The summed E-state index contributed by atoms with van der Waals surface area (Å²) in [6.45, 7) is 2.42. The van der Waals surface area contributed by atoms with Crippen molar-refractivity contribution >= 4 is 16.8 Å². The van der Waals surface area contributed by atoms with E-state index >= 15 is 0 Å². The molecule has 0 aliphatic carbocycles. The Balaban J connectivity index is 2.15. The molecule has 1 N–H and O–H groups in total. The summed E-state index contributed by atoms with van der Waals surface area (Å²) in [6.07, 6.45) is 2.59. The standard InChI is InChI=1S/C16H22N2O3/c1-20-10-5-8-18(9-11-21-2)16(19)14-12-17-15-7-4-3-6-13(14)15/h3-4,6-7,12,17H,5,8-11H2,1-2H3. The Hall–Kier alpha value is -1.85. The molecule has 0 bridgehead atoms. The molecule has 5 heteroatoms. The van der Waals surface area contributed by atoms with Crippen molar-refractivity contribution in [2.45, 2.75) is 6.42 Å². The Labute approximate surface area is 124 Å². The number of carbonyl (C=O) groups is 1. The second-order valence-corrected chi connectivity index (χ2v) is 4.88. The average Bonchev–Trinajstić information content (AvgIpc) is 2.94. The van der Waals surface area contributed by atoms with Gasteiger partial charge in [0, 0.05) is 51.0 Å². The third-order valence-electron chi connectivity index (χ3n) is 3.45. The third kappa shape index (κ3) is 3.83. The van der Waals surface area contributed by atoms with Crippen LogP contribution in [0, 0.1) is 0 Å². The minimum absolute atomic E-state index is 0.0283. The summed E-state index contributed by atoms with van der Waals surface area (Å²) >= 11 is 0. The van der Waals surface area contributed by atoms with Gasteiger partial charge in [0.05, 0.1) is 12.2 Å². The maximum atomic E-state index is 12.7. The van der Waals surface area contributed by atoms with E-state index in [0.29, 0.717) is 31.9 Å². The van der Waals surface area contributed by atoms with E-state index in [1.54, 1.807) is 20.4 Å². The molecule has 0 unspecified atom stereocenters. The normalized spacial score (nSPS) is 11.0. The molecule has 0 radical (unpaired) electrons. The van der Waals surface area contributed by atoms with Crippen LogP contribution < -0.4 is 0 Å². The van der Waals surface area contributed by atoms with Crippen LogP contribution in [-0.4, -0.2) is 56.3 Å². The number of benzene rings is 1. The van der Waals surface area contributed by atoms with Gasteiger partial charge in [-0.1, -0.05) is 18.2 Å². The van der Waals surface area contributed by atoms with Crippen molar-refractivity contribution in [3.8, 4) is 0 Å². The molecule has 5 nitrogen and oxygen atoms in total. The lowest BCUT2D eigenvalue weighted by Gasteiger charge is -2.22. The molecule has 0 fully saturated rings. The first kappa shape index (κ1) is 15.5. The Bertz CT molecular complexity index is 580. The molecule has 0 saturated heterocycles. The maximum Gasteiger partial charge on any atom is 0.256 e. The fourth-order valence-electron chi connectivity index (χ4n) is 2.33. The van der Waals surface area contributed by atoms with Crippen LogP contribution in [-0.2, 0) is 9.47 Å². The number of hydrogen-bond donors (Lipinski definition) is 1. The van der Waals surface area contributed by atoms with E-state index in [-0.39, 0.29) is 5.91 Å². The molecular formula is C16H22N2O3. The lowest BCUT2D eigenvalue weighted by atomic mass is 10.1. The number of aromatic amines is 1. The second-order valence-electron chi connectivity index (χ2n) is 4.88. The molecular weight excluding hydrogens is 268 g/mol.